The van der Waals surface area contributed by atoms with Gasteiger partial charge in [0.05, 0.1) is 0 Å². The van der Waals surface area contributed by atoms with E-state index in [1.807, 2.05) is 32.0 Å². The van der Waals surface area contributed by atoms with Gasteiger partial charge in [-0.25, -0.2) is 0 Å². The number of carbonyl (C=O) groups excluding carboxylic acids is 2. The summed E-state index contributed by atoms with van der Waals surface area (Å²) < 4.78 is 0. The van der Waals surface area contributed by atoms with E-state index in [-0.39, 0.29) is 5.92 Å². The maximum atomic E-state index is 12.0. The summed E-state index contributed by atoms with van der Waals surface area (Å²) in [4.78, 5) is 24.0. The van der Waals surface area contributed by atoms with E-state index < -0.39 is 11.8 Å². The zero-order valence-electron chi connectivity index (χ0n) is 12.4. The van der Waals surface area contributed by atoms with Gasteiger partial charge in [-0.1, -0.05) is 49.7 Å². The fraction of sp³-hybridized carbons (Fsp3) is 0.176. The van der Waals surface area contributed by atoms with E-state index >= 15 is 0 Å². The molecule has 22 heavy (non-hydrogen) atoms. The lowest BCUT2D eigenvalue weighted by Gasteiger charge is -2.13. The zero-order chi connectivity index (χ0) is 16.1. The molecule has 0 aliphatic carbocycles. The van der Waals surface area contributed by atoms with Gasteiger partial charge in [0.1, 0.15) is 0 Å². The van der Waals surface area contributed by atoms with Crippen LogP contribution < -0.4 is 10.6 Å². The summed E-state index contributed by atoms with van der Waals surface area (Å²) in [7, 11) is 0. The lowest BCUT2D eigenvalue weighted by atomic mass is 10.0. The highest BCUT2D eigenvalue weighted by atomic mass is 35.5. The van der Waals surface area contributed by atoms with Crippen LogP contribution in [0.4, 0.5) is 11.4 Å². The molecule has 114 valence electrons. The molecule has 0 spiro atoms. The van der Waals surface area contributed by atoms with Crippen LogP contribution in [0.5, 0.6) is 0 Å². The Morgan fingerprint density at radius 1 is 0.955 bits per heavy atom. The molecule has 2 N–H and O–H groups in total. The Labute approximate surface area is 134 Å². The van der Waals surface area contributed by atoms with Gasteiger partial charge in [0.15, 0.2) is 0 Å². The first-order valence-electron chi connectivity index (χ1n) is 6.94. The Morgan fingerprint density at radius 3 is 2.32 bits per heavy atom. The Morgan fingerprint density at radius 2 is 1.64 bits per heavy atom. The third kappa shape index (κ3) is 4.09. The zero-order valence-corrected chi connectivity index (χ0v) is 13.1. The highest BCUT2D eigenvalue weighted by Crippen LogP contribution is 2.23. The number of benzene rings is 2. The van der Waals surface area contributed by atoms with Gasteiger partial charge in [0, 0.05) is 16.4 Å². The quantitative estimate of drug-likeness (QED) is 0.840. The maximum Gasteiger partial charge on any atom is 0.314 e. The van der Waals surface area contributed by atoms with Crippen molar-refractivity contribution in [1.29, 1.82) is 0 Å². The van der Waals surface area contributed by atoms with Crippen LogP contribution in [0.1, 0.15) is 25.3 Å². The van der Waals surface area contributed by atoms with Crippen LogP contribution in [-0.2, 0) is 9.59 Å². The number of halogens is 1. The SMILES string of the molecule is CC(C)c1ccccc1NC(=O)C(=O)Nc1cccc(Cl)c1. The largest absolute Gasteiger partial charge is 0.318 e. The molecule has 4 nitrogen and oxygen atoms in total. The minimum Gasteiger partial charge on any atom is -0.318 e. The molecule has 0 atom stereocenters. The predicted octanol–water partition coefficient (Wildman–Crippen LogP) is 4.04. The average molecular weight is 317 g/mol. The van der Waals surface area contributed by atoms with Gasteiger partial charge in [0.2, 0.25) is 0 Å². The summed E-state index contributed by atoms with van der Waals surface area (Å²) in [5, 5.41) is 5.65. The van der Waals surface area contributed by atoms with Crippen LogP contribution in [0.3, 0.4) is 0 Å². The van der Waals surface area contributed by atoms with Crippen molar-refractivity contribution >= 4 is 34.8 Å². The van der Waals surface area contributed by atoms with E-state index in [1.165, 1.54) is 0 Å². The summed E-state index contributed by atoms with van der Waals surface area (Å²) in [5.74, 6) is -1.21. The molecule has 0 aliphatic heterocycles. The molecule has 0 bridgehead atoms. The van der Waals surface area contributed by atoms with Crippen molar-refractivity contribution in [2.24, 2.45) is 0 Å². The van der Waals surface area contributed by atoms with E-state index in [1.54, 1.807) is 30.3 Å². The number of hydrogen-bond acceptors (Lipinski definition) is 2. The van der Waals surface area contributed by atoms with Crippen LogP contribution in [0.25, 0.3) is 0 Å². The standard InChI is InChI=1S/C17H17ClN2O2/c1-11(2)14-8-3-4-9-15(14)20-17(22)16(21)19-13-7-5-6-12(18)10-13/h3-11H,1-2H3,(H,19,21)(H,20,22). The van der Waals surface area contributed by atoms with Gasteiger partial charge in [-0.3, -0.25) is 9.59 Å². The van der Waals surface area contributed by atoms with Gasteiger partial charge in [-0.15, -0.1) is 0 Å². The van der Waals surface area contributed by atoms with Crippen molar-refractivity contribution in [2.45, 2.75) is 19.8 Å². The fourth-order valence-corrected chi connectivity index (χ4v) is 2.24. The van der Waals surface area contributed by atoms with Crippen LogP contribution in [0, 0.1) is 0 Å². The molecule has 0 radical (unpaired) electrons. The van der Waals surface area contributed by atoms with Crippen molar-refractivity contribution in [3.05, 3.63) is 59.1 Å². The minimum atomic E-state index is -0.735. The lowest BCUT2D eigenvalue weighted by Crippen LogP contribution is -2.29. The van der Waals surface area contributed by atoms with Crippen LogP contribution in [-0.4, -0.2) is 11.8 Å². The molecule has 2 aromatic rings. The van der Waals surface area contributed by atoms with Crippen LogP contribution >= 0.6 is 11.6 Å². The Bertz CT molecular complexity index is 699. The molecule has 2 aromatic carbocycles. The first-order chi connectivity index (χ1) is 10.5. The minimum absolute atomic E-state index is 0.243. The molecule has 0 unspecified atom stereocenters. The second-order valence-electron chi connectivity index (χ2n) is 5.16. The molecule has 2 rings (SSSR count). The summed E-state index contributed by atoms with van der Waals surface area (Å²) in [6.45, 7) is 4.05. The fourth-order valence-electron chi connectivity index (χ4n) is 2.05. The summed E-state index contributed by atoms with van der Waals surface area (Å²) in [6, 6.07) is 14.1. The summed E-state index contributed by atoms with van der Waals surface area (Å²) in [6.07, 6.45) is 0. The van der Waals surface area contributed by atoms with E-state index in [0.29, 0.717) is 16.4 Å². The van der Waals surface area contributed by atoms with Gasteiger partial charge in [-0.05, 0) is 35.7 Å². The van der Waals surface area contributed by atoms with Crippen molar-refractivity contribution in [3.63, 3.8) is 0 Å². The van der Waals surface area contributed by atoms with Gasteiger partial charge < -0.3 is 10.6 Å². The smallest absolute Gasteiger partial charge is 0.314 e. The number of hydrogen-bond donors (Lipinski definition) is 2. The third-order valence-electron chi connectivity index (χ3n) is 3.12. The monoisotopic (exact) mass is 316 g/mol. The molecule has 0 aliphatic rings. The molecule has 0 saturated carbocycles. The van der Waals surface area contributed by atoms with E-state index in [2.05, 4.69) is 10.6 Å². The number of nitrogens with one attached hydrogen (secondary N) is 2. The topological polar surface area (TPSA) is 58.2 Å². The number of anilines is 2. The Kier molecular flexibility index (Phi) is 5.17. The first-order valence-corrected chi connectivity index (χ1v) is 7.32. The summed E-state index contributed by atoms with van der Waals surface area (Å²) >= 11 is 5.84. The van der Waals surface area contributed by atoms with Crippen molar-refractivity contribution in [1.82, 2.24) is 0 Å². The molecule has 0 fully saturated rings. The Hall–Kier alpha value is -2.33. The van der Waals surface area contributed by atoms with Crippen molar-refractivity contribution < 1.29 is 9.59 Å². The predicted molar refractivity (Wildman–Crippen MR) is 89.2 cm³/mol. The van der Waals surface area contributed by atoms with Gasteiger partial charge in [0.25, 0.3) is 0 Å². The molecular weight excluding hydrogens is 300 g/mol. The number of carbonyl (C=O) groups is 2. The van der Waals surface area contributed by atoms with Gasteiger partial charge >= 0.3 is 11.8 Å². The van der Waals surface area contributed by atoms with Crippen molar-refractivity contribution in [2.75, 3.05) is 10.6 Å². The number of amides is 2. The molecule has 0 heterocycles. The molecule has 2 amide bonds. The molecule has 5 heteroatoms. The summed E-state index contributed by atoms with van der Waals surface area (Å²) in [5.41, 5.74) is 2.10. The number of rotatable bonds is 3. The van der Waals surface area contributed by atoms with E-state index in [0.717, 1.165) is 5.56 Å². The highest BCUT2D eigenvalue weighted by Gasteiger charge is 2.16. The average Bonchev–Trinajstić information content (AvgIpc) is 2.47. The second kappa shape index (κ2) is 7.09. The van der Waals surface area contributed by atoms with Crippen LogP contribution in [0.2, 0.25) is 5.02 Å². The second-order valence-corrected chi connectivity index (χ2v) is 5.60. The normalized spacial score (nSPS) is 10.4. The maximum absolute atomic E-state index is 12.0. The van der Waals surface area contributed by atoms with Gasteiger partial charge in [-0.2, -0.15) is 0 Å². The first kappa shape index (κ1) is 16.0. The van der Waals surface area contributed by atoms with Crippen molar-refractivity contribution in [3.8, 4) is 0 Å². The molecule has 0 aromatic heterocycles. The highest BCUT2D eigenvalue weighted by molar-refractivity contribution is 6.43. The van der Waals surface area contributed by atoms with E-state index in [4.69, 9.17) is 11.6 Å². The van der Waals surface area contributed by atoms with Crippen LogP contribution in [0.15, 0.2) is 48.5 Å². The molecular formula is C17H17ClN2O2. The lowest BCUT2D eigenvalue weighted by molar-refractivity contribution is -0.133. The Balaban J connectivity index is 2.08. The number of para-hydroxylation sites is 1. The van der Waals surface area contributed by atoms with E-state index in [9.17, 15) is 9.59 Å². The molecule has 0 saturated heterocycles. The third-order valence-corrected chi connectivity index (χ3v) is 3.35.